The van der Waals surface area contributed by atoms with Crippen molar-refractivity contribution in [2.24, 2.45) is 4.99 Å². The highest BCUT2D eigenvalue weighted by molar-refractivity contribution is 6.00. The summed E-state index contributed by atoms with van der Waals surface area (Å²) in [4.78, 5) is 19.0. The number of para-hydroxylation sites is 1. The van der Waals surface area contributed by atoms with Crippen LogP contribution in [0.3, 0.4) is 0 Å². The molecule has 3 aromatic rings. The summed E-state index contributed by atoms with van der Waals surface area (Å²) in [7, 11) is 0. The number of morpholine rings is 1. The summed E-state index contributed by atoms with van der Waals surface area (Å²) < 4.78 is 20.7. The van der Waals surface area contributed by atoms with Crippen molar-refractivity contribution < 1.29 is 13.9 Å². The quantitative estimate of drug-likeness (QED) is 0.649. The Morgan fingerprint density at radius 1 is 1.21 bits per heavy atom. The predicted octanol–water partition coefficient (Wildman–Crippen LogP) is 3.70. The summed E-state index contributed by atoms with van der Waals surface area (Å²) in [6.45, 7) is 4.45. The van der Waals surface area contributed by atoms with Crippen molar-refractivity contribution in [1.29, 1.82) is 0 Å². The molecule has 6 heteroatoms. The standard InChI is InChI=1S/C22H22FN3O2/c1-16-12-18(6-7-20(16)23)24-13-17-14-26(21-5-3-2-4-19(17)21)15-22(27)25-8-10-28-11-9-25/h2-7,12-14H,8-11,15H2,1H3. The summed E-state index contributed by atoms with van der Waals surface area (Å²) in [5.41, 5.74) is 3.17. The number of carbonyl (C=O) groups is 1. The first-order chi connectivity index (χ1) is 13.6. The lowest BCUT2D eigenvalue weighted by Crippen LogP contribution is -2.42. The highest BCUT2D eigenvalue weighted by atomic mass is 19.1. The molecule has 0 atom stereocenters. The monoisotopic (exact) mass is 379 g/mol. The van der Waals surface area contributed by atoms with Crippen molar-refractivity contribution in [3.63, 3.8) is 0 Å². The van der Waals surface area contributed by atoms with Gasteiger partial charge in [0.1, 0.15) is 12.4 Å². The second-order valence-electron chi connectivity index (χ2n) is 6.91. The van der Waals surface area contributed by atoms with Crippen LogP contribution in [0.2, 0.25) is 0 Å². The van der Waals surface area contributed by atoms with Crippen LogP contribution in [0.5, 0.6) is 0 Å². The number of nitrogens with zero attached hydrogens (tertiary/aromatic N) is 3. The highest BCUT2D eigenvalue weighted by Gasteiger charge is 2.18. The maximum absolute atomic E-state index is 13.4. The largest absolute Gasteiger partial charge is 0.378 e. The molecular weight excluding hydrogens is 357 g/mol. The number of aryl methyl sites for hydroxylation is 1. The van der Waals surface area contributed by atoms with Crippen LogP contribution in [0.25, 0.3) is 10.9 Å². The van der Waals surface area contributed by atoms with E-state index in [0.29, 0.717) is 37.6 Å². The van der Waals surface area contributed by atoms with E-state index >= 15 is 0 Å². The van der Waals surface area contributed by atoms with E-state index in [4.69, 9.17) is 4.74 Å². The summed E-state index contributed by atoms with van der Waals surface area (Å²) in [6.07, 6.45) is 3.72. The number of benzene rings is 2. The van der Waals surface area contributed by atoms with E-state index in [9.17, 15) is 9.18 Å². The molecule has 1 amide bonds. The molecule has 1 aliphatic heterocycles. The SMILES string of the molecule is Cc1cc(N=Cc2cn(CC(=O)N3CCOCC3)c3ccccc23)ccc1F. The zero-order chi connectivity index (χ0) is 19.5. The van der Waals surface area contributed by atoms with Crippen molar-refractivity contribution in [2.45, 2.75) is 13.5 Å². The van der Waals surface area contributed by atoms with Gasteiger partial charge in [-0.1, -0.05) is 18.2 Å². The van der Waals surface area contributed by atoms with E-state index in [1.54, 1.807) is 25.3 Å². The lowest BCUT2D eigenvalue weighted by atomic mass is 10.2. The van der Waals surface area contributed by atoms with Crippen LogP contribution >= 0.6 is 0 Å². The molecule has 28 heavy (non-hydrogen) atoms. The fraction of sp³-hybridized carbons (Fsp3) is 0.273. The molecule has 1 fully saturated rings. The van der Waals surface area contributed by atoms with Crippen molar-refractivity contribution in [3.8, 4) is 0 Å². The molecule has 0 aliphatic carbocycles. The molecule has 0 radical (unpaired) electrons. The second-order valence-corrected chi connectivity index (χ2v) is 6.91. The van der Waals surface area contributed by atoms with Crippen LogP contribution in [0.15, 0.2) is 53.7 Å². The van der Waals surface area contributed by atoms with Gasteiger partial charge in [-0.25, -0.2) is 4.39 Å². The third-order valence-corrected chi connectivity index (χ3v) is 4.98. The fourth-order valence-corrected chi connectivity index (χ4v) is 3.42. The highest BCUT2D eigenvalue weighted by Crippen LogP contribution is 2.22. The Hall–Kier alpha value is -2.99. The van der Waals surface area contributed by atoms with E-state index in [0.717, 1.165) is 16.5 Å². The smallest absolute Gasteiger partial charge is 0.242 e. The molecule has 2 aromatic carbocycles. The minimum absolute atomic E-state index is 0.0849. The van der Waals surface area contributed by atoms with Gasteiger partial charge in [-0.2, -0.15) is 0 Å². The van der Waals surface area contributed by atoms with Gasteiger partial charge < -0.3 is 14.2 Å². The number of aromatic nitrogens is 1. The van der Waals surface area contributed by atoms with E-state index in [1.165, 1.54) is 6.07 Å². The van der Waals surface area contributed by atoms with Crippen molar-refractivity contribution in [3.05, 3.63) is 65.6 Å². The first kappa shape index (κ1) is 18.4. The topological polar surface area (TPSA) is 46.8 Å². The molecular formula is C22H22FN3O2. The second kappa shape index (κ2) is 7.94. The van der Waals surface area contributed by atoms with Gasteiger partial charge >= 0.3 is 0 Å². The molecule has 4 rings (SSSR count). The summed E-state index contributed by atoms with van der Waals surface area (Å²) in [5.74, 6) is -0.154. The number of halogens is 1. The minimum atomic E-state index is -0.239. The zero-order valence-corrected chi connectivity index (χ0v) is 15.8. The third-order valence-electron chi connectivity index (χ3n) is 4.98. The number of amides is 1. The number of fused-ring (bicyclic) bond motifs is 1. The van der Waals surface area contributed by atoms with Crippen molar-refractivity contribution in [2.75, 3.05) is 26.3 Å². The molecule has 0 saturated carbocycles. The molecule has 0 unspecified atom stereocenters. The number of rotatable bonds is 4. The fourth-order valence-electron chi connectivity index (χ4n) is 3.42. The number of hydrogen-bond donors (Lipinski definition) is 0. The van der Waals surface area contributed by atoms with Gasteiger partial charge in [0.05, 0.1) is 18.9 Å². The van der Waals surface area contributed by atoms with Crippen molar-refractivity contribution >= 4 is 28.7 Å². The summed E-state index contributed by atoms with van der Waals surface area (Å²) in [6, 6.07) is 12.7. The average Bonchev–Trinajstić information content (AvgIpc) is 3.07. The Morgan fingerprint density at radius 3 is 2.79 bits per heavy atom. The average molecular weight is 379 g/mol. The van der Waals surface area contributed by atoms with Crippen LogP contribution < -0.4 is 0 Å². The van der Waals surface area contributed by atoms with E-state index in [1.807, 2.05) is 39.9 Å². The summed E-state index contributed by atoms with van der Waals surface area (Å²) in [5, 5.41) is 1.03. The lowest BCUT2D eigenvalue weighted by Gasteiger charge is -2.27. The third kappa shape index (κ3) is 3.82. The van der Waals surface area contributed by atoms with E-state index in [-0.39, 0.29) is 18.3 Å². The first-order valence-electron chi connectivity index (χ1n) is 9.35. The molecule has 144 valence electrons. The lowest BCUT2D eigenvalue weighted by molar-refractivity contribution is -0.135. The summed E-state index contributed by atoms with van der Waals surface area (Å²) >= 11 is 0. The molecule has 0 bridgehead atoms. The number of ether oxygens (including phenoxy) is 1. The Balaban J connectivity index is 1.61. The molecule has 1 aliphatic rings. The maximum Gasteiger partial charge on any atom is 0.242 e. The normalized spacial score (nSPS) is 14.9. The van der Waals surface area contributed by atoms with Gasteiger partial charge in [-0.15, -0.1) is 0 Å². The molecule has 1 aromatic heterocycles. The van der Waals surface area contributed by atoms with Crippen LogP contribution in [0, 0.1) is 12.7 Å². The Kier molecular flexibility index (Phi) is 5.21. The maximum atomic E-state index is 13.4. The molecule has 1 saturated heterocycles. The van der Waals surface area contributed by atoms with Gasteiger partial charge in [0.25, 0.3) is 0 Å². The Bertz CT molecular complexity index is 1040. The minimum Gasteiger partial charge on any atom is -0.378 e. The van der Waals surface area contributed by atoms with Crippen LogP contribution in [-0.2, 0) is 16.1 Å². The van der Waals surface area contributed by atoms with Crippen LogP contribution in [-0.4, -0.2) is 47.9 Å². The van der Waals surface area contributed by atoms with Gasteiger partial charge in [0.2, 0.25) is 5.91 Å². The number of hydrogen-bond acceptors (Lipinski definition) is 3. The van der Waals surface area contributed by atoms with Gasteiger partial charge in [0.15, 0.2) is 0 Å². The van der Waals surface area contributed by atoms with Gasteiger partial charge in [-0.05, 0) is 36.8 Å². The molecule has 0 N–H and O–H groups in total. The molecule has 0 spiro atoms. The number of aliphatic imine (C=N–C) groups is 1. The predicted molar refractivity (Wildman–Crippen MR) is 108 cm³/mol. The Morgan fingerprint density at radius 2 is 2.00 bits per heavy atom. The van der Waals surface area contributed by atoms with Gasteiger partial charge in [-0.3, -0.25) is 9.79 Å². The Labute approximate surface area is 163 Å². The molecule has 5 nitrogen and oxygen atoms in total. The molecule has 2 heterocycles. The van der Waals surface area contributed by atoms with Gasteiger partial charge in [0, 0.05) is 42.0 Å². The zero-order valence-electron chi connectivity index (χ0n) is 15.8. The van der Waals surface area contributed by atoms with E-state index in [2.05, 4.69) is 4.99 Å². The van der Waals surface area contributed by atoms with E-state index < -0.39 is 0 Å². The van der Waals surface area contributed by atoms with Crippen LogP contribution in [0.1, 0.15) is 11.1 Å². The van der Waals surface area contributed by atoms with Crippen LogP contribution in [0.4, 0.5) is 10.1 Å². The van der Waals surface area contributed by atoms with Crippen molar-refractivity contribution in [1.82, 2.24) is 9.47 Å². The first-order valence-corrected chi connectivity index (χ1v) is 9.35. The number of carbonyl (C=O) groups excluding carboxylic acids is 1.